The van der Waals surface area contributed by atoms with Gasteiger partial charge in [-0.2, -0.15) is 0 Å². The molecule has 1 heterocycles. The highest BCUT2D eigenvalue weighted by molar-refractivity contribution is 6.35. The third-order valence-corrected chi connectivity index (χ3v) is 2.95. The van der Waals surface area contributed by atoms with Crippen LogP contribution in [0.25, 0.3) is 0 Å². The molecule has 1 aromatic heterocycles. The number of hydrogen-bond donors (Lipinski definition) is 2. The van der Waals surface area contributed by atoms with Gasteiger partial charge in [-0.15, -0.1) is 0 Å². The number of aromatic nitrogens is 1. The van der Waals surface area contributed by atoms with Crippen LogP contribution >= 0.6 is 23.2 Å². The summed E-state index contributed by atoms with van der Waals surface area (Å²) >= 11 is 11.8. The number of rotatable bonds is 4. The van der Waals surface area contributed by atoms with Gasteiger partial charge in [0, 0.05) is 12.7 Å². The van der Waals surface area contributed by atoms with Gasteiger partial charge in [-0.25, -0.2) is 4.98 Å². The lowest BCUT2D eigenvalue weighted by Crippen LogP contribution is -2.06. The standard InChI is InChI=1S/C13H12Cl2N2O/c14-10-7-12(15)13(17-8-10)16-6-5-9-1-3-11(18)4-2-9/h1-4,7-8,18H,5-6H2,(H,16,17). The maximum Gasteiger partial charge on any atom is 0.144 e. The van der Waals surface area contributed by atoms with Crippen LogP contribution in [0.4, 0.5) is 5.82 Å². The Balaban J connectivity index is 1.90. The molecule has 2 rings (SSSR count). The highest BCUT2D eigenvalue weighted by Crippen LogP contribution is 2.22. The molecule has 2 N–H and O–H groups in total. The second-order valence-corrected chi connectivity index (χ2v) is 4.67. The number of anilines is 1. The van der Waals surface area contributed by atoms with E-state index < -0.39 is 0 Å². The van der Waals surface area contributed by atoms with Crippen LogP contribution in [-0.2, 0) is 6.42 Å². The molecule has 0 bridgehead atoms. The van der Waals surface area contributed by atoms with E-state index in [1.54, 1.807) is 24.4 Å². The molecule has 0 aliphatic rings. The van der Waals surface area contributed by atoms with Gasteiger partial charge in [-0.1, -0.05) is 35.3 Å². The lowest BCUT2D eigenvalue weighted by Gasteiger charge is -2.07. The Kier molecular flexibility index (Phi) is 4.28. The van der Waals surface area contributed by atoms with Crippen LogP contribution < -0.4 is 5.32 Å². The molecule has 0 aliphatic carbocycles. The number of benzene rings is 1. The molecule has 18 heavy (non-hydrogen) atoms. The van der Waals surface area contributed by atoms with Crippen LogP contribution in [0.5, 0.6) is 5.75 Å². The summed E-state index contributed by atoms with van der Waals surface area (Å²) in [6.45, 7) is 0.707. The van der Waals surface area contributed by atoms with Gasteiger partial charge in [0.25, 0.3) is 0 Å². The first-order chi connectivity index (χ1) is 8.65. The summed E-state index contributed by atoms with van der Waals surface area (Å²) in [5.41, 5.74) is 1.13. The maximum atomic E-state index is 9.17. The Bertz CT molecular complexity index is 529. The van der Waals surface area contributed by atoms with Gasteiger partial charge < -0.3 is 10.4 Å². The van der Waals surface area contributed by atoms with E-state index in [1.165, 1.54) is 0 Å². The van der Waals surface area contributed by atoms with Crippen LogP contribution in [0.15, 0.2) is 36.5 Å². The number of aromatic hydroxyl groups is 1. The Hall–Kier alpha value is -1.45. The molecule has 0 spiro atoms. The van der Waals surface area contributed by atoms with Crippen LogP contribution in [0.3, 0.4) is 0 Å². The number of pyridine rings is 1. The largest absolute Gasteiger partial charge is 0.508 e. The van der Waals surface area contributed by atoms with Crippen molar-refractivity contribution >= 4 is 29.0 Å². The van der Waals surface area contributed by atoms with Gasteiger partial charge in [-0.3, -0.25) is 0 Å². The molecule has 0 radical (unpaired) electrons. The molecule has 5 heteroatoms. The quantitative estimate of drug-likeness (QED) is 0.898. The Morgan fingerprint density at radius 2 is 1.89 bits per heavy atom. The minimum absolute atomic E-state index is 0.272. The SMILES string of the molecule is Oc1ccc(CCNc2ncc(Cl)cc2Cl)cc1. The zero-order chi connectivity index (χ0) is 13.0. The van der Waals surface area contributed by atoms with Gasteiger partial charge in [0.05, 0.1) is 10.0 Å². The Morgan fingerprint density at radius 3 is 2.56 bits per heavy atom. The summed E-state index contributed by atoms with van der Waals surface area (Å²) in [5.74, 6) is 0.897. The van der Waals surface area contributed by atoms with Gasteiger partial charge >= 0.3 is 0 Å². The molecule has 0 fully saturated rings. The summed E-state index contributed by atoms with van der Waals surface area (Å²) in [6, 6.07) is 8.76. The van der Waals surface area contributed by atoms with E-state index in [0.717, 1.165) is 12.0 Å². The van der Waals surface area contributed by atoms with E-state index in [1.807, 2.05) is 12.1 Å². The molecule has 0 amide bonds. The first-order valence-corrected chi connectivity index (χ1v) is 6.23. The summed E-state index contributed by atoms with van der Waals surface area (Å²) in [4.78, 5) is 4.11. The second-order valence-electron chi connectivity index (χ2n) is 3.83. The van der Waals surface area contributed by atoms with Crippen LogP contribution in [-0.4, -0.2) is 16.6 Å². The van der Waals surface area contributed by atoms with E-state index in [9.17, 15) is 0 Å². The lowest BCUT2D eigenvalue weighted by atomic mass is 10.1. The van der Waals surface area contributed by atoms with Crippen molar-refractivity contribution in [1.29, 1.82) is 0 Å². The number of phenols is 1. The van der Waals surface area contributed by atoms with E-state index in [2.05, 4.69) is 10.3 Å². The molecule has 0 unspecified atom stereocenters. The normalized spacial score (nSPS) is 10.3. The van der Waals surface area contributed by atoms with Crippen molar-refractivity contribution in [3.63, 3.8) is 0 Å². The number of nitrogens with zero attached hydrogens (tertiary/aromatic N) is 1. The summed E-state index contributed by atoms with van der Waals surface area (Å²) in [7, 11) is 0. The fourth-order valence-electron chi connectivity index (χ4n) is 1.53. The summed E-state index contributed by atoms with van der Waals surface area (Å²) < 4.78 is 0. The van der Waals surface area contributed by atoms with E-state index in [-0.39, 0.29) is 5.75 Å². The zero-order valence-corrected chi connectivity index (χ0v) is 11.0. The summed E-state index contributed by atoms with van der Waals surface area (Å²) in [5, 5.41) is 13.3. The van der Waals surface area contributed by atoms with Crippen molar-refractivity contribution < 1.29 is 5.11 Å². The highest BCUT2D eigenvalue weighted by atomic mass is 35.5. The van der Waals surface area contributed by atoms with Crippen molar-refractivity contribution in [2.24, 2.45) is 0 Å². The average Bonchev–Trinajstić information content (AvgIpc) is 2.34. The van der Waals surface area contributed by atoms with E-state index >= 15 is 0 Å². The fraction of sp³-hybridized carbons (Fsp3) is 0.154. The number of phenolic OH excluding ortho intramolecular Hbond substituents is 1. The molecular weight excluding hydrogens is 271 g/mol. The Labute approximate surface area is 115 Å². The molecule has 0 atom stereocenters. The highest BCUT2D eigenvalue weighted by Gasteiger charge is 2.02. The topological polar surface area (TPSA) is 45.1 Å². The molecule has 94 valence electrons. The van der Waals surface area contributed by atoms with Crippen LogP contribution in [0.1, 0.15) is 5.56 Å². The Morgan fingerprint density at radius 1 is 1.17 bits per heavy atom. The van der Waals surface area contributed by atoms with Crippen LogP contribution in [0.2, 0.25) is 10.0 Å². The molecule has 0 saturated carbocycles. The van der Waals surface area contributed by atoms with E-state index in [0.29, 0.717) is 22.4 Å². The first kappa shape index (κ1) is 13.0. The molecule has 3 nitrogen and oxygen atoms in total. The summed E-state index contributed by atoms with van der Waals surface area (Å²) in [6.07, 6.45) is 2.37. The van der Waals surface area contributed by atoms with Crippen molar-refractivity contribution in [2.75, 3.05) is 11.9 Å². The smallest absolute Gasteiger partial charge is 0.144 e. The molecule has 0 aliphatic heterocycles. The van der Waals surface area contributed by atoms with Gasteiger partial charge in [0.1, 0.15) is 11.6 Å². The van der Waals surface area contributed by atoms with Crippen molar-refractivity contribution in [3.05, 3.63) is 52.1 Å². The zero-order valence-electron chi connectivity index (χ0n) is 9.53. The first-order valence-electron chi connectivity index (χ1n) is 5.48. The minimum Gasteiger partial charge on any atom is -0.508 e. The van der Waals surface area contributed by atoms with Crippen molar-refractivity contribution in [1.82, 2.24) is 4.98 Å². The predicted molar refractivity (Wildman–Crippen MR) is 74.6 cm³/mol. The van der Waals surface area contributed by atoms with Gasteiger partial charge in [-0.05, 0) is 30.2 Å². The maximum absolute atomic E-state index is 9.17. The fourth-order valence-corrected chi connectivity index (χ4v) is 1.98. The van der Waals surface area contributed by atoms with Crippen LogP contribution in [0, 0.1) is 0 Å². The monoisotopic (exact) mass is 282 g/mol. The number of hydrogen-bond acceptors (Lipinski definition) is 3. The van der Waals surface area contributed by atoms with Crippen molar-refractivity contribution in [2.45, 2.75) is 6.42 Å². The number of halogens is 2. The average molecular weight is 283 g/mol. The van der Waals surface area contributed by atoms with Gasteiger partial charge in [0.15, 0.2) is 0 Å². The third kappa shape index (κ3) is 3.52. The molecule has 2 aromatic rings. The minimum atomic E-state index is 0.272. The third-order valence-electron chi connectivity index (χ3n) is 2.45. The predicted octanol–water partition coefficient (Wildman–Crippen LogP) is 3.75. The lowest BCUT2D eigenvalue weighted by molar-refractivity contribution is 0.475. The molecule has 0 saturated heterocycles. The van der Waals surface area contributed by atoms with Gasteiger partial charge in [0.2, 0.25) is 0 Å². The second kappa shape index (κ2) is 5.94. The van der Waals surface area contributed by atoms with Crippen molar-refractivity contribution in [3.8, 4) is 5.75 Å². The molecule has 1 aromatic carbocycles. The molecular formula is C13H12Cl2N2O. The van der Waals surface area contributed by atoms with E-state index in [4.69, 9.17) is 28.3 Å². The number of nitrogens with one attached hydrogen (secondary N) is 1.